The summed E-state index contributed by atoms with van der Waals surface area (Å²) >= 11 is 0. The molecule has 0 spiro atoms. The molecule has 2 aromatic rings. The van der Waals surface area contributed by atoms with Gasteiger partial charge in [-0.05, 0) is 6.07 Å². The van der Waals surface area contributed by atoms with Gasteiger partial charge in [-0.1, -0.05) is 6.07 Å². The fourth-order valence-electron chi connectivity index (χ4n) is 2.70. The molecule has 134 valence electrons. The molecule has 0 unspecified atom stereocenters. The normalized spacial score (nSPS) is 15.0. The highest BCUT2D eigenvalue weighted by Gasteiger charge is 2.29. The summed E-state index contributed by atoms with van der Waals surface area (Å²) in [6.45, 7) is -0.172. The Balaban J connectivity index is 1.74. The molecule has 1 aliphatic heterocycles. The Labute approximate surface area is 140 Å². The number of H-pyrrole nitrogens is 1. The van der Waals surface area contributed by atoms with Gasteiger partial charge in [0, 0.05) is 37.8 Å². The number of nitrogens with one attached hydrogen (secondary N) is 1. The van der Waals surface area contributed by atoms with Crippen LogP contribution in [0, 0.1) is 0 Å². The predicted octanol–water partition coefficient (Wildman–Crippen LogP) is 1.25. The maximum Gasteiger partial charge on any atom is 0.422 e. The summed E-state index contributed by atoms with van der Waals surface area (Å²) in [5, 5.41) is 0. The molecule has 2 aromatic heterocycles. The number of hydrogen-bond acceptors (Lipinski definition) is 6. The van der Waals surface area contributed by atoms with E-state index >= 15 is 0 Å². The van der Waals surface area contributed by atoms with Gasteiger partial charge >= 0.3 is 6.18 Å². The van der Waals surface area contributed by atoms with Crippen molar-refractivity contribution < 1.29 is 17.9 Å². The summed E-state index contributed by atoms with van der Waals surface area (Å²) in [7, 11) is 0. The number of nitrogen functional groups attached to an aromatic ring is 1. The third kappa shape index (κ3) is 4.27. The molecule has 3 rings (SSSR count). The van der Waals surface area contributed by atoms with E-state index in [0.29, 0.717) is 42.9 Å². The van der Waals surface area contributed by atoms with E-state index in [9.17, 15) is 18.0 Å². The largest absolute Gasteiger partial charge is 0.468 e. The highest BCUT2D eigenvalue weighted by molar-refractivity contribution is 5.29. The van der Waals surface area contributed by atoms with Gasteiger partial charge in [-0.3, -0.25) is 14.7 Å². The van der Waals surface area contributed by atoms with E-state index in [-0.39, 0.29) is 17.4 Å². The van der Waals surface area contributed by atoms with Gasteiger partial charge in [0.1, 0.15) is 0 Å². The lowest BCUT2D eigenvalue weighted by Crippen LogP contribution is -2.35. The van der Waals surface area contributed by atoms with Crippen LogP contribution in [-0.2, 0) is 19.5 Å². The SMILES string of the molecule is Nc1nc2c(c(=O)[nH]1)CN(Cc1cccnc1OCC(F)(F)F)CC2. The Morgan fingerprint density at radius 3 is 2.96 bits per heavy atom. The number of anilines is 1. The van der Waals surface area contributed by atoms with Crippen molar-refractivity contribution in [1.82, 2.24) is 19.9 Å². The molecule has 0 radical (unpaired) electrons. The second-order valence-corrected chi connectivity index (χ2v) is 5.71. The van der Waals surface area contributed by atoms with Crippen molar-refractivity contribution in [2.24, 2.45) is 0 Å². The van der Waals surface area contributed by atoms with Crippen LogP contribution in [0.15, 0.2) is 23.1 Å². The van der Waals surface area contributed by atoms with Gasteiger partial charge in [-0.15, -0.1) is 0 Å². The number of nitrogens with two attached hydrogens (primary N) is 1. The zero-order valence-electron chi connectivity index (χ0n) is 13.1. The second-order valence-electron chi connectivity index (χ2n) is 5.71. The molecular formula is C15H16F3N5O2. The molecule has 0 aliphatic carbocycles. The summed E-state index contributed by atoms with van der Waals surface area (Å²) in [6, 6.07) is 3.28. The number of alkyl halides is 3. The van der Waals surface area contributed by atoms with E-state index in [1.54, 1.807) is 12.1 Å². The van der Waals surface area contributed by atoms with E-state index in [4.69, 9.17) is 10.5 Å². The first-order valence-electron chi connectivity index (χ1n) is 7.55. The number of hydrogen-bond donors (Lipinski definition) is 2. The van der Waals surface area contributed by atoms with E-state index in [1.807, 2.05) is 4.90 Å². The zero-order chi connectivity index (χ0) is 18.0. The molecule has 1 aliphatic rings. The maximum absolute atomic E-state index is 12.4. The number of ether oxygens (including phenoxy) is 1. The lowest BCUT2D eigenvalue weighted by Gasteiger charge is -2.27. The van der Waals surface area contributed by atoms with Gasteiger partial charge in [0.25, 0.3) is 5.56 Å². The molecule has 3 N–H and O–H groups in total. The van der Waals surface area contributed by atoms with Crippen LogP contribution in [0.2, 0.25) is 0 Å². The number of pyridine rings is 1. The topological polar surface area (TPSA) is 97.1 Å². The Kier molecular flexibility index (Phi) is 4.62. The van der Waals surface area contributed by atoms with E-state index in [0.717, 1.165) is 0 Å². The number of aromatic amines is 1. The van der Waals surface area contributed by atoms with Crippen LogP contribution >= 0.6 is 0 Å². The van der Waals surface area contributed by atoms with Crippen LogP contribution in [-0.4, -0.2) is 39.2 Å². The minimum absolute atomic E-state index is 0.0602. The molecule has 25 heavy (non-hydrogen) atoms. The van der Waals surface area contributed by atoms with Crippen LogP contribution < -0.4 is 16.0 Å². The molecule has 3 heterocycles. The van der Waals surface area contributed by atoms with Crippen LogP contribution in [0.4, 0.5) is 19.1 Å². The van der Waals surface area contributed by atoms with E-state index in [2.05, 4.69) is 15.0 Å². The first-order chi connectivity index (χ1) is 11.8. The highest BCUT2D eigenvalue weighted by atomic mass is 19.4. The average molecular weight is 355 g/mol. The minimum Gasteiger partial charge on any atom is -0.468 e. The smallest absolute Gasteiger partial charge is 0.422 e. The second kappa shape index (κ2) is 6.71. The third-order valence-electron chi connectivity index (χ3n) is 3.78. The van der Waals surface area contributed by atoms with Crippen LogP contribution in [0.3, 0.4) is 0 Å². The van der Waals surface area contributed by atoms with Crippen molar-refractivity contribution in [2.45, 2.75) is 25.7 Å². The monoisotopic (exact) mass is 355 g/mol. The summed E-state index contributed by atoms with van der Waals surface area (Å²) in [4.78, 5) is 24.4. The molecule has 10 heteroatoms. The highest BCUT2D eigenvalue weighted by Crippen LogP contribution is 2.23. The van der Waals surface area contributed by atoms with Gasteiger partial charge in [-0.25, -0.2) is 9.97 Å². The van der Waals surface area contributed by atoms with Crippen molar-refractivity contribution >= 4 is 5.95 Å². The first kappa shape index (κ1) is 17.2. The fraction of sp³-hybridized carbons (Fsp3) is 0.400. The molecular weight excluding hydrogens is 339 g/mol. The van der Waals surface area contributed by atoms with Gasteiger partial charge in [0.15, 0.2) is 6.61 Å². The molecule has 0 saturated heterocycles. The summed E-state index contributed by atoms with van der Waals surface area (Å²) < 4.78 is 41.9. The summed E-state index contributed by atoms with van der Waals surface area (Å²) in [5.41, 5.74) is 6.92. The predicted molar refractivity (Wildman–Crippen MR) is 82.9 cm³/mol. The number of rotatable bonds is 4. The van der Waals surface area contributed by atoms with Crippen LogP contribution in [0.5, 0.6) is 5.88 Å². The van der Waals surface area contributed by atoms with Gasteiger partial charge in [-0.2, -0.15) is 13.2 Å². The molecule has 0 atom stereocenters. The average Bonchev–Trinajstić information content (AvgIpc) is 2.54. The lowest BCUT2D eigenvalue weighted by molar-refractivity contribution is -0.154. The molecule has 0 fully saturated rings. The van der Waals surface area contributed by atoms with Crippen molar-refractivity contribution in [2.75, 3.05) is 18.9 Å². The van der Waals surface area contributed by atoms with Gasteiger partial charge in [0.2, 0.25) is 11.8 Å². The van der Waals surface area contributed by atoms with Gasteiger partial charge in [0.05, 0.1) is 11.3 Å². The Hall–Kier alpha value is -2.62. The van der Waals surface area contributed by atoms with Gasteiger partial charge < -0.3 is 10.5 Å². The Morgan fingerprint density at radius 1 is 1.40 bits per heavy atom. The molecule has 7 nitrogen and oxygen atoms in total. The van der Waals surface area contributed by atoms with Crippen molar-refractivity contribution in [1.29, 1.82) is 0 Å². The van der Waals surface area contributed by atoms with Crippen molar-refractivity contribution in [3.05, 3.63) is 45.5 Å². The molecule has 0 aromatic carbocycles. The van der Waals surface area contributed by atoms with Crippen molar-refractivity contribution in [3.63, 3.8) is 0 Å². The maximum atomic E-state index is 12.4. The Morgan fingerprint density at radius 2 is 2.20 bits per heavy atom. The van der Waals surface area contributed by atoms with E-state index < -0.39 is 12.8 Å². The third-order valence-corrected chi connectivity index (χ3v) is 3.78. The van der Waals surface area contributed by atoms with Crippen LogP contribution in [0.1, 0.15) is 16.8 Å². The lowest BCUT2D eigenvalue weighted by atomic mass is 10.1. The summed E-state index contributed by atoms with van der Waals surface area (Å²) in [5.74, 6) is 0.0160. The standard InChI is InChI=1S/C15H16F3N5O2/c16-15(17,18)8-25-13-9(2-1-4-20-13)6-23-5-3-11-10(7-23)12(24)22-14(19)21-11/h1-2,4H,3,5-8H2,(H3,19,21,22,24). The zero-order valence-corrected chi connectivity index (χ0v) is 13.1. The Bertz CT molecular complexity index is 822. The van der Waals surface area contributed by atoms with Crippen LogP contribution in [0.25, 0.3) is 0 Å². The molecule has 0 amide bonds. The number of aromatic nitrogens is 3. The number of nitrogens with zero attached hydrogens (tertiary/aromatic N) is 3. The number of fused-ring (bicyclic) bond motifs is 1. The quantitative estimate of drug-likeness (QED) is 0.857. The fourth-order valence-corrected chi connectivity index (χ4v) is 2.70. The molecule has 0 bridgehead atoms. The number of halogens is 3. The van der Waals surface area contributed by atoms with Crippen molar-refractivity contribution in [3.8, 4) is 5.88 Å². The van der Waals surface area contributed by atoms with E-state index in [1.165, 1.54) is 6.20 Å². The summed E-state index contributed by atoms with van der Waals surface area (Å²) in [6.07, 6.45) is -2.53. The molecule has 0 saturated carbocycles. The first-order valence-corrected chi connectivity index (χ1v) is 7.55. The minimum atomic E-state index is -4.43.